The molecule has 0 saturated carbocycles. The number of hydrogen-bond acceptors (Lipinski definition) is 4. The summed E-state index contributed by atoms with van der Waals surface area (Å²) in [5, 5.41) is 5.54. The maximum absolute atomic E-state index is 12.4. The van der Waals surface area contributed by atoms with E-state index in [1.165, 1.54) is 6.26 Å². The lowest BCUT2D eigenvalue weighted by atomic mass is 10.1. The molecule has 0 aliphatic heterocycles. The second-order valence-corrected chi connectivity index (χ2v) is 5.75. The van der Waals surface area contributed by atoms with Crippen LogP contribution in [0.4, 0.5) is 5.69 Å². The van der Waals surface area contributed by atoms with E-state index in [0.717, 1.165) is 5.75 Å². The molecule has 0 unspecified atom stereocenters. The van der Waals surface area contributed by atoms with Crippen molar-refractivity contribution in [2.24, 2.45) is 0 Å². The number of anilines is 1. The normalized spacial score (nSPS) is 10.2. The molecule has 0 radical (unpaired) electrons. The Morgan fingerprint density at radius 2 is 1.67 bits per heavy atom. The second kappa shape index (κ2) is 9.24. The van der Waals surface area contributed by atoms with Gasteiger partial charge in [0.2, 0.25) is 0 Å². The average Bonchev–Trinajstić information content (AvgIpc) is 3.24. The summed E-state index contributed by atoms with van der Waals surface area (Å²) >= 11 is 0. The predicted octanol–water partition coefficient (Wildman–Crippen LogP) is 3.73. The average molecular weight is 364 g/mol. The summed E-state index contributed by atoms with van der Waals surface area (Å²) in [5.74, 6) is 0.319. The van der Waals surface area contributed by atoms with Crippen molar-refractivity contribution in [3.05, 3.63) is 84.3 Å². The lowest BCUT2D eigenvalue weighted by molar-refractivity contribution is 0.0952. The number of para-hydroxylation sites is 2. The van der Waals surface area contributed by atoms with Crippen molar-refractivity contribution >= 4 is 17.5 Å². The molecule has 3 rings (SSSR count). The van der Waals surface area contributed by atoms with Crippen LogP contribution in [0, 0.1) is 0 Å². The molecule has 0 aliphatic rings. The fourth-order valence-electron chi connectivity index (χ4n) is 2.46. The Labute approximate surface area is 157 Å². The monoisotopic (exact) mass is 364 g/mol. The van der Waals surface area contributed by atoms with Crippen LogP contribution in [0.15, 0.2) is 77.4 Å². The number of rotatable bonds is 8. The molecular formula is C21H20N2O4. The summed E-state index contributed by atoms with van der Waals surface area (Å²) in [6.45, 7) is 0.966. The van der Waals surface area contributed by atoms with Gasteiger partial charge >= 0.3 is 0 Å². The summed E-state index contributed by atoms with van der Waals surface area (Å²) in [5.41, 5.74) is 0.818. The molecule has 138 valence electrons. The van der Waals surface area contributed by atoms with Crippen LogP contribution >= 0.6 is 0 Å². The van der Waals surface area contributed by atoms with Crippen LogP contribution in [-0.4, -0.2) is 25.0 Å². The van der Waals surface area contributed by atoms with E-state index in [2.05, 4.69) is 10.6 Å². The smallest absolute Gasteiger partial charge is 0.291 e. The van der Waals surface area contributed by atoms with Gasteiger partial charge in [0, 0.05) is 6.54 Å². The largest absolute Gasteiger partial charge is 0.494 e. The van der Waals surface area contributed by atoms with Gasteiger partial charge in [-0.3, -0.25) is 9.59 Å². The van der Waals surface area contributed by atoms with E-state index >= 15 is 0 Å². The number of amides is 2. The number of furan rings is 1. The van der Waals surface area contributed by atoms with Crippen molar-refractivity contribution in [3.8, 4) is 5.75 Å². The van der Waals surface area contributed by atoms with E-state index in [9.17, 15) is 9.59 Å². The minimum atomic E-state index is -0.406. The summed E-state index contributed by atoms with van der Waals surface area (Å²) in [4.78, 5) is 24.6. The fourth-order valence-corrected chi connectivity index (χ4v) is 2.46. The highest BCUT2D eigenvalue weighted by Crippen LogP contribution is 2.16. The fraction of sp³-hybridized carbons (Fsp3) is 0.143. The Balaban J connectivity index is 1.50. The molecule has 0 saturated heterocycles. The predicted molar refractivity (Wildman–Crippen MR) is 102 cm³/mol. The molecule has 6 nitrogen and oxygen atoms in total. The molecule has 0 fully saturated rings. The molecule has 6 heteroatoms. The number of carbonyl (C=O) groups is 2. The molecule has 1 aromatic heterocycles. The Kier molecular flexibility index (Phi) is 6.25. The van der Waals surface area contributed by atoms with Gasteiger partial charge in [0.15, 0.2) is 5.76 Å². The zero-order valence-electron chi connectivity index (χ0n) is 14.7. The van der Waals surface area contributed by atoms with Gasteiger partial charge in [-0.05, 0) is 42.8 Å². The molecule has 0 aliphatic carbocycles. The highest BCUT2D eigenvalue weighted by atomic mass is 16.5. The molecule has 1 heterocycles. The van der Waals surface area contributed by atoms with E-state index < -0.39 is 5.91 Å². The van der Waals surface area contributed by atoms with Crippen molar-refractivity contribution in [2.45, 2.75) is 6.42 Å². The van der Waals surface area contributed by atoms with Crippen LogP contribution < -0.4 is 15.4 Å². The third kappa shape index (κ3) is 5.22. The summed E-state index contributed by atoms with van der Waals surface area (Å²) in [6, 6.07) is 19.5. The maximum atomic E-state index is 12.4. The summed E-state index contributed by atoms with van der Waals surface area (Å²) < 4.78 is 10.7. The van der Waals surface area contributed by atoms with Gasteiger partial charge in [-0.1, -0.05) is 30.3 Å². The molecule has 2 amide bonds. The van der Waals surface area contributed by atoms with Crippen LogP contribution in [0.25, 0.3) is 0 Å². The van der Waals surface area contributed by atoms with Crippen molar-refractivity contribution in [3.63, 3.8) is 0 Å². The van der Waals surface area contributed by atoms with Gasteiger partial charge in [0.25, 0.3) is 11.8 Å². The summed E-state index contributed by atoms with van der Waals surface area (Å²) in [6.07, 6.45) is 2.09. The Morgan fingerprint density at radius 1 is 0.889 bits per heavy atom. The Hall–Kier alpha value is -3.54. The third-order valence-electron chi connectivity index (χ3n) is 3.78. The minimum absolute atomic E-state index is 0.184. The lowest BCUT2D eigenvalue weighted by Gasteiger charge is -2.11. The van der Waals surface area contributed by atoms with Crippen molar-refractivity contribution in [2.75, 3.05) is 18.5 Å². The molecule has 0 atom stereocenters. The topological polar surface area (TPSA) is 80.6 Å². The first-order valence-corrected chi connectivity index (χ1v) is 8.64. The summed E-state index contributed by atoms with van der Waals surface area (Å²) in [7, 11) is 0. The molecule has 0 bridgehead atoms. The first-order valence-electron chi connectivity index (χ1n) is 8.64. The van der Waals surface area contributed by atoms with Crippen LogP contribution in [0.2, 0.25) is 0 Å². The van der Waals surface area contributed by atoms with Gasteiger partial charge in [0.05, 0.1) is 24.1 Å². The number of ether oxygens (including phenoxy) is 1. The number of nitrogens with one attached hydrogen (secondary N) is 2. The van der Waals surface area contributed by atoms with Crippen molar-refractivity contribution < 1.29 is 18.7 Å². The quantitative estimate of drug-likeness (QED) is 0.597. The van der Waals surface area contributed by atoms with E-state index in [1.54, 1.807) is 36.4 Å². The first kappa shape index (κ1) is 18.3. The van der Waals surface area contributed by atoms with Crippen LogP contribution in [0.1, 0.15) is 27.3 Å². The van der Waals surface area contributed by atoms with Gasteiger partial charge in [-0.15, -0.1) is 0 Å². The van der Waals surface area contributed by atoms with E-state index in [4.69, 9.17) is 9.15 Å². The number of benzene rings is 2. The lowest BCUT2D eigenvalue weighted by Crippen LogP contribution is -2.27. The minimum Gasteiger partial charge on any atom is -0.494 e. The Bertz CT molecular complexity index is 876. The second-order valence-electron chi connectivity index (χ2n) is 5.75. The Morgan fingerprint density at radius 3 is 2.44 bits per heavy atom. The van der Waals surface area contributed by atoms with E-state index in [1.807, 2.05) is 30.3 Å². The zero-order valence-corrected chi connectivity index (χ0v) is 14.7. The van der Waals surface area contributed by atoms with Crippen LogP contribution in [0.5, 0.6) is 5.75 Å². The van der Waals surface area contributed by atoms with Crippen molar-refractivity contribution in [1.29, 1.82) is 0 Å². The van der Waals surface area contributed by atoms with Gasteiger partial charge in [-0.25, -0.2) is 0 Å². The van der Waals surface area contributed by atoms with E-state index in [-0.39, 0.29) is 11.7 Å². The molecular weight excluding hydrogens is 344 g/mol. The van der Waals surface area contributed by atoms with Crippen molar-refractivity contribution in [1.82, 2.24) is 5.32 Å². The number of hydrogen-bond donors (Lipinski definition) is 2. The highest BCUT2D eigenvalue weighted by molar-refractivity contribution is 6.07. The van der Waals surface area contributed by atoms with Crippen LogP contribution in [0.3, 0.4) is 0 Å². The van der Waals surface area contributed by atoms with Crippen LogP contribution in [-0.2, 0) is 0 Å². The molecule has 2 aromatic carbocycles. The molecule has 2 N–H and O–H groups in total. The van der Waals surface area contributed by atoms with Gasteiger partial charge in [-0.2, -0.15) is 0 Å². The van der Waals surface area contributed by atoms with Gasteiger partial charge in [0.1, 0.15) is 5.75 Å². The SMILES string of the molecule is O=C(Nc1ccccc1C(=O)NCCCOc1ccccc1)c1ccco1. The number of carbonyl (C=O) groups excluding carboxylic acids is 2. The molecule has 0 spiro atoms. The molecule has 3 aromatic rings. The van der Waals surface area contributed by atoms with E-state index in [0.29, 0.717) is 30.8 Å². The van der Waals surface area contributed by atoms with Gasteiger partial charge < -0.3 is 19.8 Å². The third-order valence-corrected chi connectivity index (χ3v) is 3.78. The molecule has 27 heavy (non-hydrogen) atoms. The first-order chi connectivity index (χ1) is 13.2. The highest BCUT2D eigenvalue weighted by Gasteiger charge is 2.15. The zero-order chi connectivity index (χ0) is 18.9. The maximum Gasteiger partial charge on any atom is 0.291 e. The standard InChI is InChI=1S/C21H20N2O4/c24-20(22-13-7-15-26-16-8-2-1-3-9-16)17-10-4-5-11-18(17)23-21(25)19-12-6-14-27-19/h1-6,8-12,14H,7,13,15H2,(H,22,24)(H,23,25).